The zero-order chi connectivity index (χ0) is 21.2. The van der Waals surface area contributed by atoms with Crippen molar-refractivity contribution in [3.05, 3.63) is 12.2 Å². The first-order chi connectivity index (χ1) is 13.2. The molecule has 0 heterocycles. The van der Waals surface area contributed by atoms with Gasteiger partial charge in [-0.3, -0.25) is 4.79 Å². The van der Waals surface area contributed by atoms with Gasteiger partial charge in [-0.05, 0) is 58.4 Å². The second-order valence-electron chi connectivity index (χ2n) is 8.57. The highest BCUT2D eigenvalue weighted by Gasteiger charge is 2.40. The Morgan fingerprint density at radius 1 is 1.18 bits per heavy atom. The molecule has 0 fully saturated rings. The molecule has 28 heavy (non-hydrogen) atoms. The van der Waals surface area contributed by atoms with Gasteiger partial charge in [0.1, 0.15) is 5.78 Å². The van der Waals surface area contributed by atoms with E-state index in [-0.39, 0.29) is 17.4 Å². The van der Waals surface area contributed by atoms with Gasteiger partial charge in [0, 0.05) is 44.2 Å². The average molecular weight is 414 g/mol. The highest BCUT2D eigenvalue weighted by molar-refractivity contribution is 6.60. The summed E-state index contributed by atoms with van der Waals surface area (Å²) >= 11 is 0. The molecule has 0 saturated heterocycles. The fourth-order valence-corrected chi connectivity index (χ4v) is 7.03. The predicted molar refractivity (Wildman–Crippen MR) is 117 cm³/mol. The Morgan fingerprint density at radius 2 is 1.75 bits per heavy atom. The third-order valence-electron chi connectivity index (χ3n) is 5.55. The number of allylic oxidation sites excluding steroid dienone is 2. The van der Waals surface area contributed by atoms with Crippen molar-refractivity contribution in [2.75, 3.05) is 26.4 Å². The third-order valence-corrected chi connectivity index (χ3v) is 8.70. The Hall–Kier alpha value is -0.533. The van der Waals surface area contributed by atoms with Crippen molar-refractivity contribution in [3.63, 3.8) is 0 Å². The van der Waals surface area contributed by atoms with Crippen LogP contribution in [0.15, 0.2) is 12.2 Å². The highest BCUT2D eigenvalue weighted by atomic mass is 28.4. The Labute approximate surface area is 174 Å². The van der Waals surface area contributed by atoms with Gasteiger partial charge in [-0.15, -0.1) is 0 Å². The largest absolute Gasteiger partial charge is 0.500 e. The van der Waals surface area contributed by atoms with Crippen LogP contribution in [0, 0.1) is 17.3 Å². The molecule has 1 rings (SSSR count). The van der Waals surface area contributed by atoms with Crippen molar-refractivity contribution in [2.45, 2.75) is 79.8 Å². The molecule has 0 bridgehead atoms. The summed E-state index contributed by atoms with van der Waals surface area (Å²) in [7, 11) is -2.57. The first-order valence-electron chi connectivity index (χ1n) is 11.1. The molecule has 5 nitrogen and oxygen atoms in total. The van der Waals surface area contributed by atoms with Gasteiger partial charge < -0.3 is 18.6 Å². The summed E-state index contributed by atoms with van der Waals surface area (Å²) in [4.78, 5) is 13.0. The predicted octanol–water partition coefficient (Wildman–Crippen LogP) is 4.60. The molecule has 0 amide bonds. The minimum absolute atomic E-state index is 0.0443. The summed E-state index contributed by atoms with van der Waals surface area (Å²) in [6.45, 7) is 17.3. The molecule has 0 aromatic heterocycles. The van der Waals surface area contributed by atoms with Crippen LogP contribution >= 0.6 is 0 Å². The van der Waals surface area contributed by atoms with E-state index in [9.17, 15) is 4.79 Å². The molecule has 3 unspecified atom stereocenters. The van der Waals surface area contributed by atoms with E-state index in [1.807, 2.05) is 20.8 Å². The number of ketones is 1. The topological polar surface area (TPSA) is 56.8 Å². The first kappa shape index (κ1) is 25.5. The third kappa shape index (κ3) is 7.71. The van der Waals surface area contributed by atoms with Crippen LogP contribution in [0.4, 0.5) is 0 Å². The van der Waals surface area contributed by atoms with Crippen molar-refractivity contribution < 1.29 is 18.1 Å². The number of hydrogen-bond donors (Lipinski definition) is 1. The zero-order valence-corrected chi connectivity index (χ0v) is 20.2. The molecule has 1 aliphatic rings. The van der Waals surface area contributed by atoms with Crippen LogP contribution in [-0.2, 0) is 18.1 Å². The SMILES string of the molecule is CCO[Si](CCCNC(C)CC(=O)C1C(C)C=CCC1(C)C)(OCC)OCC. The molecular formula is C22H43NO4Si. The minimum Gasteiger partial charge on any atom is -0.374 e. The maximum absolute atomic E-state index is 13.0. The number of nitrogens with one attached hydrogen (secondary N) is 1. The number of carbonyl (C=O) groups excluding carboxylic acids is 1. The Morgan fingerprint density at radius 3 is 2.25 bits per heavy atom. The van der Waals surface area contributed by atoms with Crippen LogP contribution in [0.2, 0.25) is 6.04 Å². The van der Waals surface area contributed by atoms with Gasteiger partial charge in [0.05, 0.1) is 0 Å². The van der Waals surface area contributed by atoms with Crippen LogP contribution in [-0.4, -0.2) is 47.0 Å². The van der Waals surface area contributed by atoms with Crippen LogP contribution in [0.3, 0.4) is 0 Å². The van der Waals surface area contributed by atoms with Gasteiger partial charge in [0.2, 0.25) is 0 Å². The Bertz CT molecular complexity index is 478. The summed E-state index contributed by atoms with van der Waals surface area (Å²) in [5.74, 6) is 0.804. The summed E-state index contributed by atoms with van der Waals surface area (Å²) in [5.41, 5.74) is 0.0443. The van der Waals surface area contributed by atoms with Crippen molar-refractivity contribution in [1.29, 1.82) is 0 Å². The molecule has 0 saturated carbocycles. The number of hydrogen-bond acceptors (Lipinski definition) is 5. The highest BCUT2D eigenvalue weighted by Crippen LogP contribution is 2.41. The van der Waals surface area contributed by atoms with Crippen molar-refractivity contribution in [3.8, 4) is 0 Å². The van der Waals surface area contributed by atoms with E-state index in [1.54, 1.807) is 0 Å². The molecule has 3 atom stereocenters. The van der Waals surface area contributed by atoms with E-state index in [2.05, 4.69) is 45.2 Å². The maximum Gasteiger partial charge on any atom is 0.500 e. The molecule has 6 heteroatoms. The van der Waals surface area contributed by atoms with Gasteiger partial charge >= 0.3 is 8.80 Å². The summed E-state index contributed by atoms with van der Waals surface area (Å²) in [6.07, 6.45) is 6.90. The minimum atomic E-state index is -2.57. The standard InChI is InChI=1S/C22H43NO4Si/c1-8-25-28(26-9-2,27-10-3)16-12-15-23-19(5)17-20(24)21-18(4)13-11-14-22(21,6)7/h11,13,18-19,21,23H,8-10,12,14-17H2,1-7H3. The second-order valence-corrected chi connectivity index (χ2v) is 11.3. The van der Waals surface area contributed by atoms with Gasteiger partial charge in [-0.1, -0.05) is 32.9 Å². The van der Waals surface area contributed by atoms with Gasteiger partial charge in [-0.25, -0.2) is 0 Å². The molecular weight excluding hydrogens is 370 g/mol. The lowest BCUT2D eigenvalue weighted by molar-refractivity contribution is -0.128. The van der Waals surface area contributed by atoms with Crippen molar-refractivity contribution >= 4 is 14.6 Å². The molecule has 0 radical (unpaired) electrons. The van der Waals surface area contributed by atoms with E-state index in [4.69, 9.17) is 13.3 Å². The monoisotopic (exact) mass is 413 g/mol. The summed E-state index contributed by atoms with van der Waals surface area (Å²) in [5, 5.41) is 3.51. The van der Waals surface area contributed by atoms with Crippen LogP contribution in [0.25, 0.3) is 0 Å². The van der Waals surface area contributed by atoms with Crippen molar-refractivity contribution in [2.24, 2.45) is 17.3 Å². The fourth-order valence-electron chi connectivity index (χ4n) is 4.42. The Balaban J connectivity index is 2.48. The van der Waals surface area contributed by atoms with E-state index in [0.717, 1.165) is 25.4 Å². The maximum atomic E-state index is 13.0. The number of rotatable bonds is 14. The lowest BCUT2D eigenvalue weighted by atomic mass is 9.65. The van der Waals surface area contributed by atoms with E-state index >= 15 is 0 Å². The van der Waals surface area contributed by atoms with Crippen LogP contribution in [0.5, 0.6) is 0 Å². The molecule has 0 spiro atoms. The van der Waals surface area contributed by atoms with E-state index in [0.29, 0.717) is 37.9 Å². The summed E-state index contributed by atoms with van der Waals surface area (Å²) in [6, 6.07) is 0.969. The Kier molecular flexibility index (Phi) is 11.1. The molecule has 0 aromatic rings. The summed E-state index contributed by atoms with van der Waals surface area (Å²) < 4.78 is 17.7. The molecule has 1 N–H and O–H groups in total. The van der Waals surface area contributed by atoms with E-state index in [1.165, 1.54) is 0 Å². The van der Waals surface area contributed by atoms with Crippen molar-refractivity contribution in [1.82, 2.24) is 5.32 Å². The smallest absolute Gasteiger partial charge is 0.374 e. The lowest BCUT2D eigenvalue weighted by Crippen LogP contribution is -2.46. The second kappa shape index (κ2) is 12.2. The molecule has 0 aliphatic heterocycles. The first-order valence-corrected chi connectivity index (χ1v) is 13.0. The molecule has 0 aromatic carbocycles. The van der Waals surface area contributed by atoms with Crippen LogP contribution in [0.1, 0.15) is 67.7 Å². The molecule has 164 valence electrons. The average Bonchev–Trinajstić information content (AvgIpc) is 2.58. The van der Waals surface area contributed by atoms with Crippen LogP contribution < -0.4 is 5.32 Å². The number of carbonyl (C=O) groups is 1. The van der Waals surface area contributed by atoms with Gasteiger partial charge in [0.15, 0.2) is 0 Å². The zero-order valence-electron chi connectivity index (χ0n) is 19.2. The van der Waals surface area contributed by atoms with E-state index < -0.39 is 8.80 Å². The molecule has 1 aliphatic carbocycles. The quantitative estimate of drug-likeness (QED) is 0.256. The number of Topliss-reactive ketones (excluding diaryl/α,β-unsaturated/α-hetero) is 1. The lowest BCUT2D eigenvalue weighted by Gasteiger charge is -2.39. The van der Waals surface area contributed by atoms with Gasteiger partial charge in [-0.2, -0.15) is 0 Å². The van der Waals surface area contributed by atoms with Gasteiger partial charge in [0.25, 0.3) is 0 Å². The normalized spacial score (nSPS) is 23.0. The fraction of sp³-hybridized carbons (Fsp3) is 0.864.